The van der Waals surface area contributed by atoms with Crippen LogP contribution in [0.2, 0.25) is 0 Å². The second-order valence-corrected chi connectivity index (χ2v) is 7.84. The zero-order chi connectivity index (χ0) is 20.5. The van der Waals surface area contributed by atoms with Gasteiger partial charge in [-0.15, -0.1) is 0 Å². The molecule has 4 rings (SSSR count). The van der Waals surface area contributed by atoms with E-state index in [0.29, 0.717) is 11.1 Å². The van der Waals surface area contributed by atoms with Gasteiger partial charge in [0.05, 0.1) is 27.8 Å². The van der Waals surface area contributed by atoms with Gasteiger partial charge in [0, 0.05) is 18.0 Å². The quantitative estimate of drug-likeness (QED) is 0.429. The number of para-hydroxylation sites is 2. The van der Waals surface area contributed by atoms with E-state index in [0.717, 1.165) is 24.1 Å². The normalized spacial score (nSPS) is 22.9. The Kier molecular flexibility index (Phi) is 5.09. The van der Waals surface area contributed by atoms with Crippen LogP contribution in [-0.4, -0.2) is 16.9 Å². The Morgan fingerprint density at radius 1 is 1.24 bits per heavy atom. The monoisotopic (exact) mass is 391 g/mol. The molecule has 1 amide bonds. The fraction of sp³-hybridized carbons (Fsp3) is 0.348. The molecule has 6 nitrogen and oxygen atoms in total. The lowest BCUT2D eigenvalue weighted by Crippen LogP contribution is -2.35. The molecule has 150 valence electrons. The molecule has 2 aromatic carbocycles. The number of hydrogen-bond donors (Lipinski definition) is 2. The van der Waals surface area contributed by atoms with Crippen LogP contribution in [0.3, 0.4) is 0 Å². The number of carbonyl (C=O) groups is 1. The van der Waals surface area contributed by atoms with Crippen LogP contribution in [0.25, 0.3) is 0 Å². The van der Waals surface area contributed by atoms with Crippen molar-refractivity contribution in [3.05, 3.63) is 81.4 Å². The third-order valence-corrected chi connectivity index (χ3v) is 6.10. The Morgan fingerprint density at radius 3 is 2.76 bits per heavy atom. The Labute approximate surface area is 170 Å². The van der Waals surface area contributed by atoms with E-state index in [2.05, 4.69) is 22.8 Å². The van der Waals surface area contributed by atoms with E-state index in [1.807, 2.05) is 44.2 Å². The number of hydrogen-bond acceptors (Lipinski definition) is 4. The van der Waals surface area contributed by atoms with E-state index in [-0.39, 0.29) is 40.4 Å². The van der Waals surface area contributed by atoms with Crippen LogP contribution in [0, 0.1) is 16.0 Å². The standard InChI is InChI=1S/C23H25N3O3/c1-3-14(2)24-23(27)19-12-7-11-17-15-9-6-10-16(15)21(25-22(17)19)18-8-4-5-13-20(18)26(28)29/h4-9,11-16,21,25H,3,10H2,1-2H3,(H,24,27). The first kappa shape index (κ1) is 19.2. The van der Waals surface area contributed by atoms with Gasteiger partial charge < -0.3 is 10.6 Å². The predicted molar refractivity (Wildman–Crippen MR) is 113 cm³/mol. The predicted octanol–water partition coefficient (Wildman–Crippen LogP) is 4.95. The topological polar surface area (TPSA) is 84.3 Å². The van der Waals surface area contributed by atoms with E-state index in [4.69, 9.17) is 0 Å². The molecule has 0 saturated carbocycles. The fourth-order valence-electron chi connectivity index (χ4n) is 4.44. The van der Waals surface area contributed by atoms with Gasteiger partial charge in [0.1, 0.15) is 0 Å². The van der Waals surface area contributed by atoms with Crippen molar-refractivity contribution in [2.45, 2.75) is 44.7 Å². The first-order chi connectivity index (χ1) is 14.0. The number of nitro groups is 1. The van der Waals surface area contributed by atoms with Crippen molar-refractivity contribution in [3.8, 4) is 0 Å². The van der Waals surface area contributed by atoms with Crippen molar-refractivity contribution in [2.24, 2.45) is 5.92 Å². The van der Waals surface area contributed by atoms with Crippen molar-refractivity contribution in [1.82, 2.24) is 5.32 Å². The van der Waals surface area contributed by atoms with Crippen LogP contribution in [0.1, 0.15) is 60.1 Å². The fourth-order valence-corrected chi connectivity index (χ4v) is 4.44. The second kappa shape index (κ2) is 7.70. The number of rotatable bonds is 5. The summed E-state index contributed by atoms with van der Waals surface area (Å²) in [6.07, 6.45) is 6.00. The maximum atomic E-state index is 12.9. The van der Waals surface area contributed by atoms with Crippen LogP contribution < -0.4 is 10.6 Å². The first-order valence-corrected chi connectivity index (χ1v) is 10.1. The minimum Gasteiger partial charge on any atom is -0.377 e. The van der Waals surface area contributed by atoms with Crippen LogP contribution in [-0.2, 0) is 0 Å². The van der Waals surface area contributed by atoms with Gasteiger partial charge in [0.15, 0.2) is 0 Å². The second-order valence-electron chi connectivity index (χ2n) is 7.84. The van der Waals surface area contributed by atoms with Crippen molar-refractivity contribution in [3.63, 3.8) is 0 Å². The number of allylic oxidation sites excluding steroid dienone is 2. The molecule has 2 aromatic rings. The van der Waals surface area contributed by atoms with Crippen LogP contribution in [0.15, 0.2) is 54.6 Å². The summed E-state index contributed by atoms with van der Waals surface area (Å²) >= 11 is 0. The number of anilines is 1. The van der Waals surface area contributed by atoms with Crippen molar-refractivity contribution in [1.29, 1.82) is 0 Å². The molecule has 29 heavy (non-hydrogen) atoms. The zero-order valence-corrected chi connectivity index (χ0v) is 16.6. The third kappa shape index (κ3) is 3.39. The smallest absolute Gasteiger partial charge is 0.274 e. The number of benzene rings is 2. The van der Waals surface area contributed by atoms with E-state index in [1.54, 1.807) is 12.1 Å². The summed E-state index contributed by atoms with van der Waals surface area (Å²) in [5, 5.41) is 18.2. The molecule has 2 aliphatic rings. The molecule has 0 spiro atoms. The Morgan fingerprint density at radius 2 is 2.00 bits per heavy atom. The van der Waals surface area contributed by atoms with Gasteiger partial charge in [-0.1, -0.05) is 49.4 Å². The summed E-state index contributed by atoms with van der Waals surface area (Å²) in [6.45, 7) is 4.01. The van der Waals surface area contributed by atoms with Crippen LogP contribution >= 0.6 is 0 Å². The molecule has 1 aliphatic carbocycles. The number of nitrogens with zero attached hydrogens (tertiary/aromatic N) is 1. The largest absolute Gasteiger partial charge is 0.377 e. The molecule has 1 heterocycles. The van der Waals surface area contributed by atoms with Gasteiger partial charge >= 0.3 is 0 Å². The van der Waals surface area contributed by atoms with Gasteiger partial charge in [0.25, 0.3) is 11.6 Å². The Bertz CT molecular complexity index is 985. The lowest BCUT2D eigenvalue weighted by atomic mass is 9.76. The summed E-state index contributed by atoms with van der Waals surface area (Å²) in [6, 6.07) is 12.5. The summed E-state index contributed by atoms with van der Waals surface area (Å²) < 4.78 is 0. The average molecular weight is 391 g/mol. The van der Waals surface area contributed by atoms with E-state index in [9.17, 15) is 14.9 Å². The molecule has 0 saturated heterocycles. The van der Waals surface area contributed by atoms with Crippen molar-refractivity contribution < 1.29 is 9.72 Å². The van der Waals surface area contributed by atoms with E-state index < -0.39 is 0 Å². The SMILES string of the molecule is CCC(C)NC(=O)c1cccc2c1NC(c1ccccc1[N+](=O)[O-])C1CC=CC21. The van der Waals surface area contributed by atoms with Crippen molar-refractivity contribution in [2.75, 3.05) is 5.32 Å². The average Bonchev–Trinajstić information content (AvgIpc) is 3.22. The van der Waals surface area contributed by atoms with Crippen molar-refractivity contribution >= 4 is 17.3 Å². The maximum absolute atomic E-state index is 12.9. The zero-order valence-electron chi connectivity index (χ0n) is 16.6. The Balaban J connectivity index is 1.79. The number of carbonyl (C=O) groups excluding carboxylic acids is 1. The molecule has 0 fully saturated rings. The first-order valence-electron chi connectivity index (χ1n) is 10.1. The highest BCUT2D eigenvalue weighted by atomic mass is 16.6. The summed E-state index contributed by atoms with van der Waals surface area (Å²) in [4.78, 5) is 24.2. The lowest BCUT2D eigenvalue weighted by Gasteiger charge is -2.38. The van der Waals surface area contributed by atoms with Gasteiger partial charge in [-0.05, 0) is 37.3 Å². The number of fused-ring (bicyclic) bond motifs is 3. The van der Waals surface area contributed by atoms with E-state index in [1.165, 1.54) is 0 Å². The highest BCUT2D eigenvalue weighted by molar-refractivity contribution is 6.01. The minimum atomic E-state index is -0.328. The van der Waals surface area contributed by atoms with Gasteiger partial charge in [-0.25, -0.2) is 0 Å². The summed E-state index contributed by atoms with van der Waals surface area (Å²) in [7, 11) is 0. The molecule has 2 N–H and O–H groups in total. The molecule has 0 radical (unpaired) electrons. The van der Waals surface area contributed by atoms with Gasteiger partial charge in [-0.3, -0.25) is 14.9 Å². The Hall–Kier alpha value is -3.15. The lowest BCUT2D eigenvalue weighted by molar-refractivity contribution is -0.385. The third-order valence-electron chi connectivity index (χ3n) is 6.10. The molecular weight excluding hydrogens is 366 g/mol. The van der Waals surface area contributed by atoms with Crippen LogP contribution in [0.5, 0.6) is 0 Å². The maximum Gasteiger partial charge on any atom is 0.274 e. The molecular formula is C23H25N3O3. The molecule has 0 aromatic heterocycles. The molecule has 4 atom stereocenters. The summed E-state index contributed by atoms with van der Waals surface area (Å²) in [5.74, 6) is 0.189. The number of amides is 1. The highest BCUT2D eigenvalue weighted by Crippen LogP contribution is 2.51. The minimum absolute atomic E-state index is 0.0760. The van der Waals surface area contributed by atoms with Gasteiger partial charge in [-0.2, -0.15) is 0 Å². The molecule has 4 unspecified atom stereocenters. The summed E-state index contributed by atoms with van der Waals surface area (Å²) in [5.41, 5.74) is 3.23. The highest BCUT2D eigenvalue weighted by Gasteiger charge is 2.41. The number of nitrogens with one attached hydrogen (secondary N) is 2. The van der Waals surface area contributed by atoms with E-state index >= 15 is 0 Å². The van der Waals surface area contributed by atoms with Crippen LogP contribution in [0.4, 0.5) is 11.4 Å². The molecule has 6 heteroatoms. The van der Waals surface area contributed by atoms with Gasteiger partial charge in [0.2, 0.25) is 0 Å². The number of nitro benzene ring substituents is 1. The molecule has 0 bridgehead atoms. The molecule has 1 aliphatic heterocycles.